The van der Waals surface area contributed by atoms with Crippen LogP contribution in [0.1, 0.15) is 75.0 Å². The lowest BCUT2D eigenvalue weighted by Crippen LogP contribution is -2.48. The standard InChI is InChI=1S/C29H35NO2/c1-19(32-27-11-6-23-4-2-3-5-24(23)15-27)28(31)30-26-9-7-25(8-10-26)29-16-20-12-21(17-29)14-22(13-20)18-29/h6-11,15,19-22H,2-5,12-14,16-18H2,1H3,(H,30,31)/t19-,20?,21?,22?,29?/m0/s1. The molecule has 1 N–H and O–H groups in total. The summed E-state index contributed by atoms with van der Waals surface area (Å²) in [7, 11) is 0. The third-order valence-corrected chi connectivity index (χ3v) is 8.81. The lowest BCUT2D eigenvalue weighted by atomic mass is 9.48. The van der Waals surface area contributed by atoms with Crippen LogP contribution in [0.15, 0.2) is 42.5 Å². The Labute approximate surface area is 191 Å². The van der Waals surface area contributed by atoms with Gasteiger partial charge in [0.05, 0.1) is 0 Å². The van der Waals surface area contributed by atoms with Crippen LogP contribution in [0.3, 0.4) is 0 Å². The molecule has 168 valence electrons. The van der Waals surface area contributed by atoms with Gasteiger partial charge in [-0.3, -0.25) is 4.79 Å². The van der Waals surface area contributed by atoms with E-state index in [0.29, 0.717) is 5.41 Å². The highest BCUT2D eigenvalue weighted by Crippen LogP contribution is 2.60. The molecule has 4 saturated carbocycles. The van der Waals surface area contributed by atoms with E-state index in [0.717, 1.165) is 42.0 Å². The topological polar surface area (TPSA) is 38.3 Å². The van der Waals surface area contributed by atoms with Gasteiger partial charge in [-0.2, -0.15) is 0 Å². The molecular formula is C29H35NO2. The summed E-state index contributed by atoms with van der Waals surface area (Å²) in [6, 6.07) is 15.0. The minimum Gasteiger partial charge on any atom is -0.481 e. The second kappa shape index (κ2) is 7.93. The van der Waals surface area contributed by atoms with Gasteiger partial charge in [-0.1, -0.05) is 18.2 Å². The fourth-order valence-electron chi connectivity index (χ4n) is 7.66. The molecule has 0 radical (unpaired) electrons. The monoisotopic (exact) mass is 429 g/mol. The summed E-state index contributed by atoms with van der Waals surface area (Å²) in [6.07, 6.45) is 12.8. The van der Waals surface area contributed by atoms with Crippen molar-refractivity contribution in [1.29, 1.82) is 0 Å². The number of anilines is 1. The summed E-state index contributed by atoms with van der Waals surface area (Å²) in [4.78, 5) is 12.8. The average molecular weight is 430 g/mol. The van der Waals surface area contributed by atoms with Gasteiger partial charge in [0.15, 0.2) is 6.10 Å². The number of ether oxygens (including phenoxy) is 1. The molecule has 0 heterocycles. The zero-order valence-electron chi connectivity index (χ0n) is 19.2. The maximum Gasteiger partial charge on any atom is 0.265 e. The Morgan fingerprint density at radius 1 is 0.906 bits per heavy atom. The van der Waals surface area contributed by atoms with Crippen LogP contribution in [0.25, 0.3) is 0 Å². The fraction of sp³-hybridized carbons (Fsp3) is 0.552. The van der Waals surface area contributed by atoms with Crippen LogP contribution in [0.5, 0.6) is 5.75 Å². The number of nitrogens with one attached hydrogen (secondary N) is 1. The van der Waals surface area contributed by atoms with Crippen LogP contribution >= 0.6 is 0 Å². The third-order valence-electron chi connectivity index (χ3n) is 8.81. The first-order chi connectivity index (χ1) is 15.6. The van der Waals surface area contributed by atoms with Crippen molar-refractivity contribution in [2.75, 3.05) is 5.32 Å². The van der Waals surface area contributed by atoms with Crippen LogP contribution in [-0.2, 0) is 23.1 Å². The Kier molecular flexibility index (Phi) is 5.04. The third kappa shape index (κ3) is 3.74. The van der Waals surface area contributed by atoms with Crippen molar-refractivity contribution in [3.8, 4) is 5.75 Å². The van der Waals surface area contributed by atoms with Gasteiger partial charge in [0.1, 0.15) is 5.75 Å². The van der Waals surface area contributed by atoms with Crippen molar-refractivity contribution in [3.63, 3.8) is 0 Å². The fourth-order valence-corrected chi connectivity index (χ4v) is 7.66. The van der Waals surface area contributed by atoms with Gasteiger partial charge in [-0.15, -0.1) is 0 Å². The minimum atomic E-state index is -0.528. The first kappa shape index (κ1) is 20.3. The zero-order valence-corrected chi connectivity index (χ0v) is 19.2. The highest BCUT2D eigenvalue weighted by Gasteiger charge is 2.51. The van der Waals surface area contributed by atoms with Gasteiger partial charge in [-0.05, 0) is 135 Å². The summed E-state index contributed by atoms with van der Waals surface area (Å²) >= 11 is 0. The normalized spacial score (nSPS) is 31.1. The molecule has 0 saturated heterocycles. The molecule has 0 spiro atoms. The van der Waals surface area contributed by atoms with E-state index in [1.54, 1.807) is 0 Å². The van der Waals surface area contributed by atoms with Gasteiger partial charge >= 0.3 is 0 Å². The van der Waals surface area contributed by atoms with E-state index in [1.165, 1.54) is 68.1 Å². The Balaban J connectivity index is 1.10. The molecule has 2 aromatic carbocycles. The van der Waals surface area contributed by atoms with E-state index in [1.807, 2.05) is 13.0 Å². The van der Waals surface area contributed by atoms with Gasteiger partial charge in [-0.25, -0.2) is 0 Å². The summed E-state index contributed by atoms with van der Waals surface area (Å²) in [5.41, 5.74) is 5.57. The summed E-state index contributed by atoms with van der Waals surface area (Å²) in [6.45, 7) is 1.83. The van der Waals surface area contributed by atoms with E-state index >= 15 is 0 Å². The quantitative estimate of drug-likeness (QED) is 0.594. The predicted molar refractivity (Wildman–Crippen MR) is 128 cm³/mol. The molecule has 0 aliphatic heterocycles. The maximum absolute atomic E-state index is 12.8. The van der Waals surface area contributed by atoms with Gasteiger partial charge in [0.2, 0.25) is 0 Å². The molecule has 5 aliphatic carbocycles. The van der Waals surface area contributed by atoms with Gasteiger partial charge < -0.3 is 10.1 Å². The van der Waals surface area contributed by atoms with Crippen LogP contribution < -0.4 is 10.1 Å². The highest BCUT2D eigenvalue weighted by atomic mass is 16.5. The lowest BCUT2D eigenvalue weighted by Gasteiger charge is -2.57. The molecule has 4 bridgehead atoms. The summed E-state index contributed by atoms with van der Waals surface area (Å²) < 4.78 is 5.99. The van der Waals surface area contributed by atoms with Crippen molar-refractivity contribution < 1.29 is 9.53 Å². The summed E-state index contributed by atoms with van der Waals surface area (Å²) in [5, 5.41) is 3.06. The van der Waals surface area contributed by atoms with Crippen LogP contribution in [-0.4, -0.2) is 12.0 Å². The number of amides is 1. The van der Waals surface area contributed by atoms with Crippen molar-refractivity contribution >= 4 is 11.6 Å². The Morgan fingerprint density at radius 2 is 1.53 bits per heavy atom. The van der Waals surface area contributed by atoms with E-state index in [2.05, 4.69) is 41.7 Å². The molecule has 0 unspecified atom stereocenters. The number of carbonyl (C=O) groups is 1. The first-order valence-corrected chi connectivity index (χ1v) is 12.8. The zero-order chi connectivity index (χ0) is 21.7. The van der Waals surface area contributed by atoms with Gasteiger partial charge in [0.25, 0.3) is 5.91 Å². The molecule has 4 fully saturated rings. The number of aryl methyl sites for hydroxylation is 2. The van der Waals surface area contributed by atoms with E-state index in [-0.39, 0.29) is 5.91 Å². The molecule has 0 aromatic heterocycles. The molecule has 7 rings (SSSR count). The van der Waals surface area contributed by atoms with Crippen molar-refractivity contribution in [3.05, 3.63) is 59.2 Å². The largest absolute Gasteiger partial charge is 0.481 e. The van der Waals surface area contributed by atoms with E-state index in [9.17, 15) is 4.79 Å². The Bertz CT molecular complexity index is 973. The molecule has 3 heteroatoms. The molecule has 2 aromatic rings. The maximum atomic E-state index is 12.8. The average Bonchev–Trinajstić information content (AvgIpc) is 2.78. The van der Waals surface area contributed by atoms with E-state index in [4.69, 9.17) is 4.74 Å². The predicted octanol–water partition coefficient (Wildman–Crippen LogP) is 6.44. The van der Waals surface area contributed by atoms with Crippen molar-refractivity contribution in [1.82, 2.24) is 0 Å². The molecule has 3 nitrogen and oxygen atoms in total. The second-order valence-electron chi connectivity index (χ2n) is 11.2. The first-order valence-electron chi connectivity index (χ1n) is 12.8. The molecule has 5 aliphatic rings. The number of hydrogen-bond donors (Lipinski definition) is 1. The number of hydrogen-bond acceptors (Lipinski definition) is 2. The van der Waals surface area contributed by atoms with Crippen molar-refractivity contribution in [2.45, 2.75) is 82.7 Å². The minimum absolute atomic E-state index is 0.0923. The SMILES string of the molecule is C[C@H](Oc1ccc2c(c1)CCCC2)C(=O)Nc1ccc(C23CC4CC(CC(C4)C2)C3)cc1. The number of carbonyl (C=O) groups excluding carboxylic acids is 1. The number of benzene rings is 2. The second-order valence-corrected chi connectivity index (χ2v) is 11.2. The van der Waals surface area contributed by atoms with Crippen LogP contribution in [0, 0.1) is 17.8 Å². The van der Waals surface area contributed by atoms with Gasteiger partial charge in [0, 0.05) is 5.69 Å². The highest BCUT2D eigenvalue weighted by molar-refractivity contribution is 5.94. The number of fused-ring (bicyclic) bond motifs is 1. The molecule has 1 atom stereocenters. The molecule has 32 heavy (non-hydrogen) atoms. The Morgan fingerprint density at radius 3 is 2.19 bits per heavy atom. The Hall–Kier alpha value is -2.29. The molecule has 1 amide bonds. The lowest BCUT2D eigenvalue weighted by molar-refractivity contribution is -0.122. The van der Waals surface area contributed by atoms with Crippen LogP contribution in [0.2, 0.25) is 0 Å². The smallest absolute Gasteiger partial charge is 0.265 e. The van der Waals surface area contributed by atoms with Crippen molar-refractivity contribution in [2.24, 2.45) is 17.8 Å². The molecular weight excluding hydrogens is 394 g/mol. The van der Waals surface area contributed by atoms with E-state index < -0.39 is 6.10 Å². The van der Waals surface area contributed by atoms with Crippen LogP contribution in [0.4, 0.5) is 5.69 Å². The summed E-state index contributed by atoms with van der Waals surface area (Å²) in [5.74, 6) is 3.54. The number of rotatable bonds is 5.